The van der Waals surface area contributed by atoms with Crippen LogP contribution in [0.25, 0.3) is 0 Å². The van der Waals surface area contributed by atoms with Gasteiger partial charge in [-0.05, 0) is 26.7 Å². The van der Waals surface area contributed by atoms with Gasteiger partial charge in [-0.15, -0.1) is 0 Å². The maximum atomic E-state index is 11.8. The number of rotatable bonds is 5. The van der Waals surface area contributed by atoms with Crippen molar-refractivity contribution < 1.29 is 23.1 Å². The number of amides is 1. The van der Waals surface area contributed by atoms with E-state index < -0.39 is 31.9 Å². The molecule has 6 nitrogen and oxygen atoms in total. The second-order valence-corrected chi connectivity index (χ2v) is 7.97. The Bertz CT molecular complexity index is 462. The smallest absolute Gasteiger partial charge is 0.311 e. The van der Waals surface area contributed by atoms with Gasteiger partial charge in [0, 0.05) is 12.8 Å². The fraction of sp³-hybridized carbons (Fsp3) is 0.818. The zero-order valence-electron chi connectivity index (χ0n) is 10.8. The number of hydrogen-bond donors (Lipinski definition) is 2. The van der Waals surface area contributed by atoms with Crippen LogP contribution in [0.15, 0.2) is 0 Å². The van der Waals surface area contributed by atoms with Gasteiger partial charge in [0.2, 0.25) is 5.91 Å². The number of carbonyl (C=O) groups is 2. The lowest BCUT2D eigenvalue weighted by atomic mass is 9.69. The summed E-state index contributed by atoms with van der Waals surface area (Å²) in [4.78, 5) is 22.9. The molecule has 0 unspecified atom stereocenters. The van der Waals surface area contributed by atoms with Gasteiger partial charge in [-0.1, -0.05) is 6.42 Å². The van der Waals surface area contributed by atoms with Crippen molar-refractivity contribution in [1.82, 2.24) is 5.32 Å². The molecule has 1 fully saturated rings. The van der Waals surface area contributed by atoms with Gasteiger partial charge in [-0.3, -0.25) is 9.59 Å². The summed E-state index contributed by atoms with van der Waals surface area (Å²) in [6.45, 7) is 2.61. The molecule has 1 aliphatic carbocycles. The van der Waals surface area contributed by atoms with Crippen molar-refractivity contribution in [3.8, 4) is 0 Å². The Balaban J connectivity index is 2.70. The number of sulfone groups is 1. The average molecular weight is 277 g/mol. The van der Waals surface area contributed by atoms with Gasteiger partial charge in [0.05, 0.1) is 5.41 Å². The molecule has 0 radical (unpaired) electrons. The Labute approximate surface area is 107 Å². The molecule has 0 saturated heterocycles. The first-order chi connectivity index (χ1) is 8.03. The molecule has 18 heavy (non-hydrogen) atoms. The maximum Gasteiger partial charge on any atom is 0.311 e. The van der Waals surface area contributed by atoms with Crippen LogP contribution >= 0.6 is 0 Å². The number of carboxylic acid groups (broad SMARTS) is 1. The lowest BCUT2D eigenvalue weighted by Crippen LogP contribution is -2.53. The minimum atomic E-state index is -3.54. The summed E-state index contributed by atoms with van der Waals surface area (Å²) in [7, 11) is -3.54. The van der Waals surface area contributed by atoms with E-state index in [1.165, 1.54) is 13.8 Å². The Kier molecular flexibility index (Phi) is 3.76. The predicted octanol–water partition coefficient (Wildman–Crippen LogP) is 0.181. The zero-order chi connectivity index (χ0) is 14.2. The van der Waals surface area contributed by atoms with Crippen molar-refractivity contribution >= 4 is 21.7 Å². The molecular formula is C11H19NO5S. The highest BCUT2D eigenvalue weighted by Crippen LogP contribution is 2.40. The standard InChI is InChI=1S/C11H19NO5S/c1-10(2,18(3,16)17)8(13)12-7-11(9(14)15)5-4-6-11/h4-7H2,1-3H3,(H,12,13)(H,14,15). The molecule has 0 aromatic rings. The van der Waals surface area contributed by atoms with E-state index >= 15 is 0 Å². The highest BCUT2D eigenvalue weighted by Gasteiger charge is 2.46. The zero-order valence-corrected chi connectivity index (χ0v) is 11.6. The van der Waals surface area contributed by atoms with Crippen molar-refractivity contribution in [3.63, 3.8) is 0 Å². The van der Waals surface area contributed by atoms with E-state index in [1.54, 1.807) is 0 Å². The molecule has 0 bridgehead atoms. The fourth-order valence-corrected chi connectivity index (χ4v) is 2.11. The van der Waals surface area contributed by atoms with Crippen molar-refractivity contribution in [2.24, 2.45) is 5.41 Å². The number of carbonyl (C=O) groups excluding carboxylic acids is 1. The Morgan fingerprint density at radius 3 is 2.11 bits per heavy atom. The Morgan fingerprint density at radius 2 is 1.83 bits per heavy atom. The van der Waals surface area contributed by atoms with Crippen LogP contribution < -0.4 is 5.32 Å². The number of nitrogens with one attached hydrogen (secondary N) is 1. The van der Waals surface area contributed by atoms with Crippen LogP contribution in [0.5, 0.6) is 0 Å². The molecule has 0 aromatic carbocycles. The summed E-state index contributed by atoms with van der Waals surface area (Å²) < 4.78 is 21.4. The number of carboxylic acids is 1. The van der Waals surface area contributed by atoms with Crippen molar-refractivity contribution in [3.05, 3.63) is 0 Å². The van der Waals surface area contributed by atoms with Crippen LogP contribution in [0.4, 0.5) is 0 Å². The van der Waals surface area contributed by atoms with Crippen LogP contribution in [0.3, 0.4) is 0 Å². The molecule has 1 amide bonds. The summed E-state index contributed by atoms with van der Waals surface area (Å²) >= 11 is 0. The molecule has 0 aromatic heterocycles. The quantitative estimate of drug-likeness (QED) is 0.746. The van der Waals surface area contributed by atoms with E-state index in [2.05, 4.69) is 5.32 Å². The molecule has 1 rings (SSSR count). The Hall–Kier alpha value is -1.11. The summed E-state index contributed by atoms with van der Waals surface area (Å²) in [6.07, 6.45) is 2.84. The van der Waals surface area contributed by atoms with E-state index in [-0.39, 0.29) is 6.54 Å². The summed E-state index contributed by atoms with van der Waals surface area (Å²) in [5, 5.41) is 11.5. The summed E-state index contributed by atoms with van der Waals surface area (Å²) in [5.41, 5.74) is -0.913. The fourth-order valence-electron chi connectivity index (χ4n) is 1.70. The largest absolute Gasteiger partial charge is 0.481 e. The first kappa shape index (κ1) is 14.9. The monoisotopic (exact) mass is 277 g/mol. The second kappa shape index (κ2) is 4.53. The van der Waals surface area contributed by atoms with Crippen molar-refractivity contribution in [1.29, 1.82) is 0 Å². The SMILES string of the molecule is CC(C)(C(=O)NCC1(C(=O)O)CCC1)S(C)(=O)=O. The van der Waals surface area contributed by atoms with Gasteiger partial charge in [0.25, 0.3) is 0 Å². The highest BCUT2D eigenvalue weighted by atomic mass is 32.2. The second-order valence-electron chi connectivity index (χ2n) is 5.40. The Morgan fingerprint density at radius 1 is 1.33 bits per heavy atom. The molecule has 1 saturated carbocycles. The van der Waals surface area contributed by atoms with Crippen LogP contribution in [-0.2, 0) is 19.4 Å². The van der Waals surface area contributed by atoms with Gasteiger partial charge < -0.3 is 10.4 Å². The predicted molar refractivity (Wildman–Crippen MR) is 65.9 cm³/mol. The van der Waals surface area contributed by atoms with Gasteiger partial charge in [-0.2, -0.15) is 0 Å². The van der Waals surface area contributed by atoms with Crippen LogP contribution in [0.1, 0.15) is 33.1 Å². The van der Waals surface area contributed by atoms with Crippen LogP contribution in [0.2, 0.25) is 0 Å². The lowest BCUT2D eigenvalue weighted by Gasteiger charge is -2.38. The molecule has 0 spiro atoms. The van der Waals surface area contributed by atoms with Crippen LogP contribution in [0, 0.1) is 5.41 Å². The number of aliphatic carboxylic acids is 1. The third kappa shape index (κ3) is 2.50. The van der Waals surface area contributed by atoms with Gasteiger partial charge in [0.1, 0.15) is 4.75 Å². The van der Waals surface area contributed by atoms with E-state index in [1.807, 2.05) is 0 Å². The minimum absolute atomic E-state index is 0.0138. The molecule has 0 heterocycles. The minimum Gasteiger partial charge on any atom is -0.481 e. The molecule has 7 heteroatoms. The molecule has 0 atom stereocenters. The molecule has 1 aliphatic rings. The van der Waals surface area contributed by atoms with Crippen LogP contribution in [-0.4, -0.2) is 42.9 Å². The molecule has 2 N–H and O–H groups in total. The van der Waals surface area contributed by atoms with E-state index in [9.17, 15) is 18.0 Å². The third-order valence-corrected chi connectivity index (χ3v) is 5.86. The topological polar surface area (TPSA) is 101 Å². The van der Waals surface area contributed by atoms with Gasteiger partial charge in [-0.25, -0.2) is 8.42 Å². The highest BCUT2D eigenvalue weighted by molar-refractivity contribution is 7.92. The van der Waals surface area contributed by atoms with Crippen molar-refractivity contribution in [2.45, 2.75) is 37.9 Å². The van der Waals surface area contributed by atoms with E-state index in [0.29, 0.717) is 12.8 Å². The van der Waals surface area contributed by atoms with E-state index in [4.69, 9.17) is 5.11 Å². The molecule has 104 valence electrons. The normalized spacial score (nSPS) is 18.8. The first-order valence-corrected chi connectivity index (χ1v) is 7.63. The van der Waals surface area contributed by atoms with Gasteiger partial charge in [0.15, 0.2) is 9.84 Å². The number of hydrogen-bond acceptors (Lipinski definition) is 4. The molecular weight excluding hydrogens is 258 g/mol. The third-order valence-electron chi connectivity index (χ3n) is 3.83. The average Bonchev–Trinajstić information content (AvgIpc) is 2.12. The summed E-state index contributed by atoms with van der Waals surface area (Å²) in [6, 6.07) is 0. The maximum absolute atomic E-state index is 11.8. The van der Waals surface area contributed by atoms with Gasteiger partial charge >= 0.3 is 5.97 Å². The molecule has 0 aliphatic heterocycles. The first-order valence-electron chi connectivity index (χ1n) is 5.74. The lowest BCUT2D eigenvalue weighted by molar-refractivity contribution is -0.154. The van der Waals surface area contributed by atoms with E-state index in [0.717, 1.165) is 12.7 Å². The van der Waals surface area contributed by atoms with Crippen molar-refractivity contribution in [2.75, 3.05) is 12.8 Å². The summed E-state index contributed by atoms with van der Waals surface area (Å²) in [5.74, 6) is -1.59.